The van der Waals surface area contributed by atoms with Gasteiger partial charge in [0.1, 0.15) is 0 Å². The van der Waals surface area contributed by atoms with Gasteiger partial charge in [0.15, 0.2) is 5.78 Å². The van der Waals surface area contributed by atoms with Crippen LogP contribution < -0.4 is 0 Å². The number of halogens is 1. The number of benzene rings is 1. The molecule has 0 spiro atoms. The summed E-state index contributed by atoms with van der Waals surface area (Å²) in [4.78, 5) is 22.6. The number of hydrogen-bond donors (Lipinski definition) is 1. The molecule has 22 heavy (non-hydrogen) atoms. The fourth-order valence-electron chi connectivity index (χ4n) is 1.90. The Labute approximate surface area is 136 Å². The standard InChI is InChI=1S/C17H14BrNO3/c1-19-11-12(10-15(19)7-9-17(21)22)2-8-16(20)13-3-5-14(18)6-4-13/h2-11H,1H3,(H,21,22)/b8-2+,9-7+. The number of carboxylic acid groups (broad SMARTS) is 1. The smallest absolute Gasteiger partial charge is 0.328 e. The van der Waals surface area contributed by atoms with Crippen molar-refractivity contribution in [2.75, 3.05) is 0 Å². The maximum absolute atomic E-state index is 12.0. The van der Waals surface area contributed by atoms with Crippen LogP contribution in [0, 0.1) is 0 Å². The number of carbonyl (C=O) groups excluding carboxylic acids is 1. The van der Waals surface area contributed by atoms with Gasteiger partial charge in [-0.3, -0.25) is 4.79 Å². The van der Waals surface area contributed by atoms with Crippen LogP contribution in [0.4, 0.5) is 0 Å². The molecule has 0 atom stereocenters. The van der Waals surface area contributed by atoms with E-state index < -0.39 is 5.97 Å². The first-order valence-corrected chi connectivity index (χ1v) is 7.30. The number of rotatable bonds is 5. The zero-order valence-corrected chi connectivity index (χ0v) is 13.4. The minimum atomic E-state index is -0.997. The van der Waals surface area contributed by atoms with Gasteiger partial charge in [-0.1, -0.05) is 15.9 Å². The first kappa shape index (κ1) is 16.0. The highest BCUT2D eigenvalue weighted by Crippen LogP contribution is 2.14. The molecule has 0 aliphatic heterocycles. The lowest BCUT2D eigenvalue weighted by molar-refractivity contribution is -0.131. The fourth-order valence-corrected chi connectivity index (χ4v) is 2.17. The van der Waals surface area contributed by atoms with Crippen LogP contribution in [0.5, 0.6) is 0 Å². The van der Waals surface area contributed by atoms with E-state index in [-0.39, 0.29) is 5.78 Å². The Morgan fingerprint density at radius 2 is 1.82 bits per heavy atom. The molecule has 1 aromatic carbocycles. The van der Waals surface area contributed by atoms with Crippen LogP contribution in [0.3, 0.4) is 0 Å². The Kier molecular flexibility index (Phi) is 5.12. The lowest BCUT2D eigenvalue weighted by Gasteiger charge is -1.95. The van der Waals surface area contributed by atoms with E-state index in [1.807, 2.05) is 31.4 Å². The van der Waals surface area contributed by atoms with E-state index in [4.69, 9.17) is 5.11 Å². The first-order valence-electron chi connectivity index (χ1n) is 6.51. The Morgan fingerprint density at radius 3 is 2.45 bits per heavy atom. The van der Waals surface area contributed by atoms with Crippen molar-refractivity contribution in [3.05, 3.63) is 70.0 Å². The van der Waals surface area contributed by atoms with Crippen molar-refractivity contribution in [2.24, 2.45) is 7.05 Å². The molecular formula is C17H14BrNO3. The third-order valence-electron chi connectivity index (χ3n) is 3.02. The molecule has 1 heterocycles. The zero-order valence-electron chi connectivity index (χ0n) is 11.9. The Balaban J connectivity index is 2.13. The first-order chi connectivity index (χ1) is 10.5. The second-order valence-corrected chi connectivity index (χ2v) is 5.60. The number of hydrogen-bond acceptors (Lipinski definition) is 2. The molecule has 0 saturated heterocycles. The van der Waals surface area contributed by atoms with E-state index in [9.17, 15) is 9.59 Å². The molecule has 1 N–H and O–H groups in total. The largest absolute Gasteiger partial charge is 0.478 e. The molecule has 0 saturated carbocycles. The summed E-state index contributed by atoms with van der Waals surface area (Å²) in [6, 6.07) is 8.95. The van der Waals surface area contributed by atoms with Crippen LogP contribution in [0.1, 0.15) is 21.6 Å². The molecule has 0 unspecified atom stereocenters. The van der Waals surface area contributed by atoms with Gasteiger partial charge < -0.3 is 9.67 Å². The van der Waals surface area contributed by atoms with Crippen molar-refractivity contribution < 1.29 is 14.7 Å². The van der Waals surface area contributed by atoms with Crippen LogP contribution in [0.2, 0.25) is 0 Å². The van der Waals surface area contributed by atoms with E-state index in [0.29, 0.717) is 5.56 Å². The summed E-state index contributed by atoms with van der Waals surface area (Å²) in [6.45, 7) is 0. The minimum Gasteiger partial charge on any atom is -0.478 e. The molecule has 4 nitrogen and oxygen atoms in total. The van der Waals surface area contributed by atoms with Crippen molar-refractivity contribution in [2.45, 2.75) is 0 Å². The molecule has 0 bridgehead atoms. The highest BCUT2D eigenvalue weighted by molar-refractivity contribution is 9.10. The van der Waals surface area contributed by atoms with Crippen molar-refractivity contribution in [3.63, 3.8) is 0 Å². The number of ketones is 1. The van der Waals surface area contributed by atoms with Gasteiger partial charge in [-0.15, -0.1) is 0 Å². The lowest BCUT2D eigenvalue weighted by atomic mass is 10.1. The second-order valence-electron chi connectivity index (χ2n) is 4.69. The van der Waals surface area contributed by atoms with E-state index >= 15 is 0 Å². The molecule has 0 aliphatic carbocycles. The van der Waals surface area contributed by atoms with Crippen LogP contribution in [-0.2, 0) is 11.8 Å². The molecular weight excluding hydrogens is 346 g/mol. The highest BCUT2D eigenvalue weighted by Gasteiger charge is 2.02. The zero-order chi connectivity index (χ0) is 16.1. The van der Waals surface area contributed by atoms with Gasteiger partial charge in [0.2, 0.25) is 0 Å². The Bertz CT molecular complexity index is 755. The quantitative estimate of drug-likeness (QED) is 0.652. The number of nitrogens with zero attached hydrogens (tertiary/aromatic N) is 1. The maximum Gasteiger partial charge on any atom is 0.328 e. The number of aliphatic carboxylic acids is 1. The molecule has 0 amide bonds. The topological polar surface area (TPSA) is 59.3 Å². The SMILES string of the molecule is Cn1cc(/C=C/C(=O)c2ccc(Br)cc2)cc1/C=C/C(=O)O. The fraction of sp³-hybridized carbons (Fsp3) is 0.0588. The van der Waals surface area contributed by atoms with Crippen molar-refractivity contribution in [3.8, 4) is 0 Å². The van der Waals surface area contributed by atoms with Crippen LogP contribution in [-0.4, -0.2) is 21.4 Å². The minimum absolute atomic E-state index is 0.0843. The number of allylic oxidation sites excluding steroid dienone is 1. The van der Waals surface area contributed by atoms with Gasteiger partial charge in [-0.2, -0.15) is 0 Å². The van der Waals surface area contributed by atoms with Gasteiger partial charge in [0.05, 0.1) is 0 Å². The van der Waals surface area contributed by atoms with E-state index in [2.05, 4.69) is 15.9 Å². The van der Waals surface area contributed by atoms with Gasteiger partial charge in [-0.25, -0.2) is 4.79 Å². The summed E-state index contributed by atoms with van der Waals surface area (Å²) in [5, 5.41) is 8.64. The van der Waals surface area contributed by atoms with Crippen LogP contribution in [0.15, 0.2) is 53.2 Å². The van der Waals surface area contributed by atoms with Crippen LogP contribution >= 0.6 is 15.9 Å². The average Bonchev–Trinajstić information content (AvgIpc) is 2.83. The number of carboxylic acids is 1. The molecule has 5 heteroatoms. The van der Waals surface area contributed by atoms with Crippen molar-refractivity contribution in [1.29, 1.82) is 0 Å². The average molecular weight is 360 g/mol. The monoisotopic (exact) mass is 359 g/mol. The van der Waals surface area contributed by atoms with Gasteiger partial charge in [-0.05, 0) is 54.1 Å². The summed E-state index contributed by atoms with van der Waals surface area (Å²) < 4.78 is 2.72. The van der Waals surface area contributed by atoms with Crippen molar-refractivity contribution >= 4 is 39.8 Å². The highest BCUT2D eigenvalue weighted by atomic mass is 79.9. The van der Waals surface area contributed by atoms with E-state index in [1.54, 1.807) is 22.8 Å². The Morgan fingerprint density at radius 1 is 1.14 bits per heavy atom. The summed E-state index contributed by atoms with van der Waals surface area (Å²) >= 11 is 3.33. The molecule has 0 fully saturated rings. The summed E-state index contributed by atoms with van der Waals surface area (Å²) in [5.74, 6) is -1.08. The number of aromatic nitrogens is 1. The summed E-state index contributed by atoms with van der Waals surface area (Å²) in [5.41, 5.74) is 2.19. The molecule has 0 aliphatic rings. The van der Waals surface area contributed by atoms with E-state index in [1.165, 1.54) is 12.2 Å². The lowest BCUT2D eigenvalue weighted by Crippen LogP contribution is -1.92. The molecule has 1 aromatic heterocycles. The number of aryl methyl sites for hydroxylation is 1. The predicted octanol–water partition coefficient (Wildman–Crippen LogP) is 3.78. The third-order valence-corrected chi connectivity index (χ3v) is 3.55. The molecule has 2 rings (SSSR count). The van der Waals surface area contributed by atoms with Gasteiger partial charge in [0, 0.05) is 35.1 Å². The van der Waals surface area contributed by atoms with Crippen LogP contribution in [0.25, 0.3) is 12.2 Å². The predicted molar refractivity (Wildman–Crippen MR) is 89.6 cm³/mol. The van der Waals surface area contributed by atoms with Gasteiger partial charge >= 0.3 is 5.97 Å². The normalized spacial score (nSPS) is 11.4. The van der Waals surface area contributed by atoms with Gasteiger partial charge in [0.25, 0.3) is 0 Å². The second kappa shape index (κ2) is 7.04. The molecule has 0 radical (unpaired) electrons. The molecule has 2 aromatic rings. The number of carbonyl (C=O) groups is 2. The molecule has 112 valence electrons. The summed E-state index contributed by atoms with van der Waals surface area (Å²) in [7, 11) is 1.81. The van der Waals surface area contributed by atoms with Crippen molar-refractivity contribution in [1.82, 2.24) is 4.57 Å². The Hall–Kier alpha value is -2.40. The maximum atomic E-state index is 12.0. The third kappa shape index (κ3) is 4.30. The summed E-state index contributed by atoms with van der Waals surface area (Å²) in [6.07, 6.45) is 7.63. The van der Waals surface area contributed by atoms with E-state index in [0.717, 1.165) is 21.8 Å².